The number of hydrogen-bond donors (Lipinski definition) is 0. The first kappa shape index (κ1) is 26.9. The third-order valence-electron chi connectivity index (χ3n) is 6.27. The van der Waals surface area contributed by atoms with Crippen molar-refractivity contribution in [2.75, 3.05) is 0 Å². The maximum Gasteiger partial charge on any atom is 0.418 e. The van der Waals surface area contributed by atoms with Crippen molar-refractivity contribution in [3.05, 3.63) is 131 Å². The summed E-state index contributed by atoms with van der Waals surface area (Å²) in [6.45, 7) is -0.182. The molecule has 1 aromatic heterocycles. The van der Waals surface area contributed by atoms with E-state index in [1.54, 1.807) is 48.5 Å². The average molecular weight is 551 g/mol. The van der Waals surface area contributed by atoms with Crippen molar-refractivity contribution in [3.8, 4) is 16.9 Å². The Bertz CT molecular complexity index is 1690. The summed E-state index contributed by atoms with van der Waals surface area (Å²) in [6, 6.07) is 22.9. The minimum Gasteiger partial charge on any atom is -0.489 e. The zero-order valence-electron chi connectivity index (χ0n) is 20.6. The number of alkyl halides is 6. The second-order valence-corrected chi connectivity index (χ2v) is 8.96. The number of pyridine rings is 1. The van der Waals surface area contributed by atoms with E-state index >= 15 is 0 Å². The van der Waals surface area contributed by atoms with Crippen LogP contribution in [-0.4, -0.2) is 10.8 Å². The van der Waals surface area contributed by atoms with Crippen LogP contribution in [0.3, 0.4) is 0 Å². The van der Waals surface area contributed by atoms with Crippen molar-refractivity contribution in [1.29, 1.82) is 0 Å². The van der Waals surface area contributed by atoms with Gasteiger partial charge in [-0.15, -0.1) is 0 Å². The minimum atomic E-state index is -4.68. The lowest BCUT2D eigenvalue weighted by atomic mass is 9.91. The van der Waals surface area contributed by atoms with Crippen LogP contribution in [-0.2, 0) is 19.0 Å². The second-order valence-electron chi connectivity index (χ2n) is 8.96. The summed E-state index contributed by atoms with van der Waals surface area (Å²) >= 11 is 0. The maximum absolute atomic E-state index is 13.8. The molecule has 1 heterocycles. The van der Waals surface area contributed by atoms with E-state index in [0.717, 1.165) is 24.4 Å². The highest BCUT2D eigenvalue weighted by molar-refractivity contribution is 6.16. The lowest BCUT2D eigenvalue weighted by Gasteiger charge is -2.16. The van der Waals surface area contributed by atoms with Gasteiger partial charge in [-0.1, -0.05) is 66.7 Å². The molecule has 0 saturated heterocycles. The van der Waals surface area contributed by atoms with E-state index in [0.29, 0.717) is 11.1 Å². The van der Waals surface area contributed by atoms with E-state index in [4.69, 9.17) is 4.74 Å². The molecule has 0 amide bonds. The quantitative estimate of drug-likeness (QED) is 0.156. The maximum atomic E-state index is 13.8. The number of para-hydroxylation sites is 1. The molecule has 202 valence electrons. The van der Waals surface area contributed by atoms with Gasteiger partial charge in [0.25, 0.3) is 0 Å². The summed E-state index contributed by atoms with van der Waals surface area (Å²) in [7, 11) is 0. The number of carbonyl (C=O) groups excluding carboxylic acids is 1. The number of fused-ring (bicyclic) bond motifs is 1. The molecule has 0 radical (unpaired) electrons. The number of hydrogen-bond acceptors (Lipinski definition) is 3. The monoisotopic (exact) mass is 551 g/mol. The van der Waals surface area contributed by atoms with Crippen LogP contribution in [0.2, 0.25) is 0 Å². The Morgan fingerprint density at radius 2 is 1.48 bits per heavy atom. The van der Waals surface area contributed by atoms with Gasteiger partial charge in [0.15, 0.2) is 5.78 Å². The van der Waals surface area contributed by atoms with E-state index in [-0.39, 0.29) is 39.9 Å². The number of halogens is 6. The fourth-order valence-corrected chi connectivity index (χ4v) is 4.43. The number of benzene rings is 4. The Kier molecular flexibility index (Phi) is 7.06. The molecule has 4 aromatic carbocycles. The highest BCUT2D eigenvalue weighted by Crippen LogP contribution is 2.40. The third kappa shape index (κ3) is 5.54. The molecule has 0 aliphatic heterocycles. The van der Waals surface area contributed by atoms with Crippen LogP contribution in [0.5, 0.6) is 5.75 Å². The Balaban J connectivity index is 1.60. The van der Waals surface area contributed by atoms with Crippen LogP contribution in [0.15, 0.2) is 103 Å². The van der Waals surface area contributed by atoms with Crippen LogP contribution in [0, 0.1) is 0 Å². The molecule has 0 unspecified atom stereocenters. The molecule has 0 atom stereocenters. The average Bonchev–Trinajstić information content (AvgIpc) is 2.94. The summed E-state index contributed by atoms with van der Waals surface area (Å²) < 4.78 is 86.4. The van der Waals surface area contributed by atoms with Gasteiger partial charge in [0, 0.05) is 28.3 Å². The highest BCUT2D eigenvalue weighted by atomic mass is 19.4. The third-order valence-corrected chi connectivity index (χ3v) is 6.27. The molecule has 5 aromatic rings. The molecule has 0 bridgehead atoms. The molecule has 0 aliphatic carbocycles. The van der Waals surface area contributed by atoms with Crippen LogP contribution < -0.4 is 4.74 Å². The molecule has 0 spiro atoms. The fraction of sp³-hybridized carbons (Fsp3) is 0.0968. The van der Waals surface area contributed by atoms with Gasteiger partial charge >= 0.3 is 12.4 Å². The molecule has 0 saturated carbocycles. The van der Waals surface area contributed by atoms with Crippen LogP contribution in [0.4, 0.5) is 26.3 Å². The summed E-state index contributed by atoms with van der Waals surface area (Å²) in [6.07, 6.45) is -8.04. The van der Waals surface area contributed by atoms with E-state index in [9.17, 15) is 31.1 Å². The van der Waals surface area contributed by atoms with Crippen molar-refractivity contribution in [1.82, 2.24) is 4.98 Å². The second kappa shape index (κ2) is 10.5. The molecule has 5 rings (SSSR count). The van der Waals surface area contributed by atoms with Gasteiger partial charge in [0.05, 0.1) is 16.6 Å². The molecule has 0 fully saturated rings. The SMILES string of the molecule is O=C(c1ccccc1)c1cnc2c(C(F)(F)F)cccc2c1-c1cccc(OCc2cccc(C(F)(F)F)c2)c1. The lowest BCUT2D eigenvalue weighted by Crippen LogP contribution is -2.09. The first-order valence-corrected chi connectivity index (χ1v) is 12.0. The summed E-state index contributed by atoms with van der Waals surface area (Å²) in [5.41, 5.74) is -0.754. The Hall–Kier alpha value is -4.66. The number of nitrogens with zero attached hydrogens (tertiary/aromatic N) is 1. The molecular weight excluding hydrogens is 532 g/mol. The van der Waals surface area contributed by atoms with E-state index in [1.165, 1.54) is 30.3 Å². The van der Waals surface area contributed by atoms with Crippen molar-refractivity contribution in [3.63, 3.8) is 0 Å². The summed E-state index contributed by atoms with van der Waals surface area (Å²) in [5, 5.41) is 0.117. The van der Waals surface area contributed by atoms with Gasteiger partial charge in [0.2, 0.25) is 0 Å². The molecule has 9 heteroatoms. The van der Waals surface area contributed by atoms with E-state index in [1.807, 2.05) is 0 Å². The van der Waals surface area contributed by atoms with Crippen LogP contribution in [0.1, 0.15) is 32.6 Å². The smallest absolute Gasteiger partial charge is 0.418 e. The summed E-state index contributed by atoms with van der Waals surface area (Å²) in [4.78, 5) is 17.5. The van der Waals surface area contributed by atoms with Gasteiger partial charge in [-0.25, -0.2) is 0 Å². The highest BCUT2D eigenvalue weighted by Gasteiger charge is 2.34. The van der Waals surface area contributed by atoms with Crippen LogP contribution in [0.25, 0.3) is 22.0 Å². The number of ether oxygens (including phenoxy) is 1. The van der Waals surface area contributed by atoms with E-state index in [2.05, 4.69) is 4.98 Å². The molecule has 0 N–H and O–H groups in total. The fourth-order valence-electron chi connectivity index (χ4n) is 4.43. The largest absolute Gasteiger partial charge is 0.489 e. The van der Waals surface area contributed by atoms with Crippen molar-refractivity contribution >= 4 is 16.7 Å². The van der Waals surface area contributed by atoms with Gasteiger partial charge < -0.3 is 4.74 Å². The molecule has 0 aliphatic rings. The number of aromatic nitrogens is 1. The first-order valence-electron chi connectivity index (χ1n) is 12.0. The Morgan fingerprint density at radius 1 is 0.750 bits per heavy atom. The normalized spacial score (nSPS) is 11.9. The van der Waals surface area contributed by atoms with Gasteiger partial charge in [-0.05, 0) is 41.5 Å². The van der Waals surface area contributed by atoms with Gasteiger partial charge in [-0.2, -0.15) is 26.3 Å². The van der Waals surface area contributed by atoms with Crippen molar-refractivity contribution in [2.24, 2.45) is 0 Å². The summed E-state index contributed by atoms with van der Waals surface area (Å²) in [5.74, 6) is -0.178. The number of rotatable bonds is 6. The number of ketones is 1. The lowest BCUT2D eigenvalue weighted by molar-refractivity contribution is -0.138. The minimum absolute atomic E-state index is 0.0908. The van der Waals surface area contributed by atoms with Crippen LogP contribution >= 0.6 is 0 Å². The van der Waals surface area contributed by atoms with Gasteiger partial charge in [-0.3, -0.25) is 9.78 Å². The Labute approximate surface area is 224 Å². The van der Waals surface area contributed by atoms with E-state index < -0.39 is 29.3 Å². The first-order chi connectivity index (χ1) is 19.0. The zero-order chi connectivity index (χ0) is 28.5. The number of carbonyl (C=O) groups is 1. The molecule has 40 heavy (non-hydrogen) atoms. The Morgan fingerprint density at radius 3 is 2.20 bits per heavy atom. The standard InChI is InChI=1S/C31H19F6NO2/c32-30(33,34)22-11-4-7-19(15-22)18-40-23-12-5-10-21(16-23)27-24-13-6-14-26(31(35,36)37)28(24)38-17-25(27)29(39)20-8-2-1-3-9-20/h1-17H,18H2. The van der Waals surface area contributed by atoms with Crippen molar-refractivity contribution < 1.29 is 35.9 Å². The predicted molar refractivity (Wildman–Crippen MR) is 138 cm³/mol. The molecule has 3 nitrogen and oxygen atoms in total. The zero-order valence-corrected chi connectivity index (χ0v) is 20.6. The predicted octanol–water partition coefficient (Wildman–Crippen LogP) is 8.75. The van der Waals surface area contributed by atoms with Crippen molar-refractivity contribution in [2.45, 2.75) is 19.0 Å². The molecular formula is C31H19F6NO2. The topological polar surface area (TPSA) is 39.2 Å². The van der Waals surface area contributed by atoms with Gasteiger partial charge in [0.1, 0.15) is 12.4 Å².